The fourth-order valence-electron chi connectivity index (χ4n) is 1.78. The predicted molar refractivity (Wildman–Crippen MR) is 77.9 cm³/mol. The van der Waals surface area contributed by atoms with Crippen LogP contribution >= 0.6 is 11.3 Å². The quantitative estimate of drug-likeness (QED) is 0.889. The van der Waals surface area contributed by atoms with Gasteiger partial charge < -0.3 is 11.1 Å². The molecule has 0 saturated carbocycles. The number of anilines is 1. The van der Waals surface area contributed by atoms with Crippen molar-refractivity contribution < 1.29 is 4.79 Å². The Labute approximate surface area is 111 Å². The fraction of sp³-hybridized carbons (Fsp3) is 0.357. The van der Waals surface area contributed by atoms with Crippen molar-refractivity contribution in [1.82, 2.24) is 0 Å². The maximum absolute atomic E-state index is 12.0. The van der Waals surface area contributed by atoms with Crippen LogP contribution in [-0.4, -0.2) is 11.9 Å². The van der Waals surface area contributed by atoms with Gasteiger partial charge in [0.15, 0.2) is 0 Å². The molecular formula is C14H18N2OS. The number of carbonyl (C=O) groups is 1. The minimum absolute atomic E-state index is 0.112. The molecule has 2 aromatic rings. The van der Waals surface area contributed by atoms with Gasteiger partial charge in [-0.1, -0.05) is 20.3 Å². The van der Waals surface area contributed by atoms with Crippen LogP contribution in [0.15, 0.2) is 29.6 Å². The van der Waals surface area contributed by atoms with Crippen molar-refractivity contribution in [1.29, 1.82) is 0 Å². The molecule has 1 aromatic heterocycles. The molecule has 2 rings (SSSR count). The molecule has 0 spiro atoms. The first kappa shape index (κ1) is 13.1. The lowest BCUT2D eigenvalue weighted by molar-refractivity contribution is -0.118. The van der Waals surface area contributed by atoms with Gasteiger partial charge in [-0.2, -0.15) is 0 Å². The zero-order valence-electron chi connectivity index (χ0n) is 10.6. The SMILES string of the molecule is CCC(C)[C@H](N)C(=O)Nc1ccc2sccc2c1. The number of hydrogen-bond acceptors (Lipinski definition) is 3. The Hall–Kier alpha value is -1.39. The molecule has 2 atom stereocenters. The highest BCUT2D eigenvalue weighted by Crippen LogP contribution is 2.24. The molecule has 3 N–H and O–H groups in total. The number of fused-ring (bicyclic) bond motifs is 1. The van der Waals surface area contributed by atoms with Crippen LogP contribution in [0.1, 0.15) is 20.3 Å². The number of rotatable bonds is 4. The van der Waals surface area contributed by atoms with Gasteiger partial charge in [0, 0.05) is 10.4 Å². The molecule has 1 amide bonds. The third-order valence-corrected chi connectivity index (χ3v) is 4.18. The molecule has 3 nitrogen and oxygen atoms in total. The second-order valence-corrected chi connectivity index (χ2v) is 5.52. The first-order chi connectivity index (χ1) is 8.61. The van der Waals surface area contributed by atoms with Crippen LogP contribution in [0.3, 0.4) is 0 Å². The van der Waals surface area contributed by atoms with Crippen LogP contribution in [0.25, 0.3) is 10.1 Å². The van der Waals surface area contributed by atoms with Crippen molar-refractivity contribution in [3.8, 4) is 0 Å². The van der Waals surface area contributed by atoms with Crippen molar-refractivity contribution in [2.75, 3.05) is 5.32 Å². The van der Waals surface area contributed by atoms with Crippen molar-refractivity contribution in [3.63, 3.8) is 0 Å². The summed E-state index contributed by atoms with van der Waals surface area (Å²) in [5, 5.41) is 6.07. The third-order valence-electron chi connectivity index (χ3n) is 3.28. The summed E-state index contributed by atoms with van der Waals surface area (Å²) in [6.07, 6.45) is 0.901. The van der Waals surface area contributed by atoms with Gasteiger partial charge in [-0.3, -0.25) is 4.79 Å². The lowest BCUT2D eigenvalue weighted by atomic mass is 9.99. The van der Waals surface area contributed by atoms with Crippen molar-refractivity contribution in [2.45, 2.75) is 26.3 Å². The van der Waals surface area contributed by atoms with Gasteiger partial charge >= 0.3 is 0 Å². The Morgan fingerprint density at radius 1 is 1.44 bits per heavy atom. The zero-order valence-corrected chi connectivity index (χ0v) is 11.5. The lowest BCUT2D eigenvalue weighted by Gasteiger charge is -2.17. The van der Waals surface area contributed by atoms with Gasteiger partial charge in [-0.25, -0.2) is 0 Å². The highest BCUT2D eigenvalue weighted by Gasteiger charge is 2.19. The molecule has 96 valence electrons. The minimum atomic E-state index is -0.451. The van der Waals surface area contributed by atoms with Gasteiger partial charge in [0.05, 0.1) is 6.04 Å². The molecule has 1 heterocycles. The molecule has 4 heteroatoms. The predicted octanol–water partition coefficient (Wildman–Crippen LogP) is 3.21. The number of hydrogen-bond donors (Lipinski definition) is 2. The average molecular weight is 262 g/mol. The van der Waals surface area contributed by atoms with Gasteiger partial charge in [0.25, 0.3) is 0 Å². The van der Waals surface area contributed by atoms with E-state index >= 15 is 0 Å². The topological polar surface area (TPSA) is 55.1 Å². The van der Waals surface area contributed by atoms with E-state index in [0.29, 0.717) is 0 Å². The van der Waals surface area contributed by atoms with E-state index in [1.54, 1.807) is 11.3 Å². The van der Waals surface area contributed by atoms with Crippen LogP contribution in [0.2, 0.25) is 0 Å². The highest BCUT2D eigenvalue weighted by molar-refractivity contribution is 7.17. The summed E-state index contributed by atoms with van der Waals surface area (Å²) in [5.41, 5.74) is 6.71. The Kier molecular flexibility index (Phi) is 3.99. The number of carbonyl (C=O) groups excluding carboxylic acids is 1. The fourth-order valence-corrected chi connectivity index (χ4v) is 2.55. The largest absolute Gasteiger partial charge is 0.325 e. The minimum Gasteiger partial charge on any atom is -0.325 e. The van der Waals surface area contributed by atoms with E-state index in [1.807, 2.05) is 43.5 Å². The first-order valence-electron chi connectivity index (χ1n) is 6.15. The molecule has 0 fully saturated rings. The summed E-state index contributed by atoms with van der Waals surface area (Å²) in [7, 11) is 0. The van der Waals surface area contributed by atoms with E-state index in [4.69, 9.17) is 5.73 Å². The number of thiophene rings is 1. The van der Waals surface area contributed by atoms with Crippen LogP contribution in [0.5, 0.6) is 0 Å². The van der Waals surface area contributed by atoms with Crippen molar-refractivity contribution in [2.24, 2.45) is 11.7 Å². The normalized spacial score (nSPS) is 14.4. The summed E-state index contributed by atoms with van der Waals surface area (Å²) >= 11 is 1.69. The van der Waals surface area contributed by atoms with Crippen molar-refractivity contribution in [3.05, 3.63) is 29.6 Å². The van der Waals surface area contributed by atoms with Gasteiger partial charge in [0.1, 0.15) is 0 Å². The smallest absolute Gasteiger partial charge is 0.241 e. The number of nitrogens with one attached hydrogen (secondary N) is 1. The highest BCUT2D eigenvalue weighted by atomic mass is 32.1. The molecule has 18 heavy (non-hydrogen) atoms. The van der Waals surface area contributed by atoms with E-state index in [0.717, 1.165) is 17.5 Å². The monoisotopic (exact) mass is 262 g/mol. The zero-order chi connectivity index (χ0) is 13.1. The van der Waals surface area contributed by atoms with Crippen LogP contribution in [0, 0.1) is 5.92 Å². The summed E-state index contributed by atoms with van der Waals surface area (Å²) in [6.45, 7) is 4.03. The summed E-state index contributed by atoms with van der Waals surface area (Å²) in [4.78, 5) is 12.0. The number of amides is 1. The molecule has 0 aliphatic heterocycles. The second kappa shape index (κ2) is 5.50. The molecule has 1 unspecified atom stereocenters. The Morgan fingerprint density at radius 2 is 2.22 bits per heavy atom. The lowest BCUT2D eigenvalue weighted by Crippen LogP contribution is -2.40. The molecule has 0 aliphatic carbocycles. The Morgan fingerprint density at radius 3 is 2.94 bits per heavy atom. The van der Waals surface area contributed by atoms with E-state index in [9.17, 15) is 4.79 Å². The molecule has 0 aliphatic rings. The Balaban J connectivity index is 2.10. The summed E-state index contributed by atoms with van der Waals surface area (Å²) in [5.74, 6) is 0.0776. The Bertz CT molecular complexity index is 549. The van der Waals surface area contributed by atoms with E-state index < -0.39 is 6.04 Å². The molecule has 0 saturated heterocycles. The second-order valence-electron chi connectivity index (χ2n) is 4.57. The van der Waals surface area contributed by atoms with Gasteiger partial charge in [0.2, 0.25) is 5.91 Å². The van der Waals surface area contributed by atoms with E-state index in [2.05, 4.69) is 5.32 Å². The molecule has 0 bridgehead atoms. The number of benzene rings is 1. The maximum atomic E-state index is 12.0. The third kappa shape index (κ3) is 2.71. The molecule has 0 radical (unpaired) electrons. The first-order valence-corrected chi connectivity index (χ1v) is 7.03. The molecular weight excluding hydrogens is 244 g/mol. The summed E-state index contributed by atoms with van der Waals surface area (Å²) < 4.78 is 1.22. The van der Waals surface area contributed by atoms with Crippen LogP contribution in [-0.2, 0) is 4.79 Å². The van der Waals surface area contributed by atoms with Gasteiger partial charge in [-0.05, 0) is 40.9 Å². The van der Waals surface area contributed by atoms with E-state index in [1.165, 1.54) is 4.70 Å². The standard InChI is InChI=1S/C14H18N2OS/c1-3-9(2)13(15)14(17)16-11-4-5-12-10(8-11)6-7-18-12/h4-9,13H,3,15H2,1-2H3,(H,16,17)/t9?,13-/m0/s1. The summed E-state index contributed by atoms with van der Waals surface area (Å²) in [6, 6.07) is 7.51. The van der Waals surface area contributed by atoms with Crippen LogP contribution < -0.4 is 11.1 Å². The van der Waals surface area contributed by atoms with Gasteiger partial charge in [-0.15, -0.1) is 11.3 Å². The average Bonchev–Trinajstić information content (AvgIpc) is 2.84. The van der Waals surface area contributed by atoms with E-state index in [-0.39, 0.29) is 11.8 Å². The molecule has 1 aromatic carbocycles. The number of nitrogens with two attached hydrogens (primary N) is 1. The maximum Gasteiger partial charge on any atom is 0.241 e. The van der Waals surface area contributed by atoms with Crippen molar-refractivity contribution >= 4 is 33.0 Å². The van der Waals surface area contributed by atoms with Crippen LogP contribution in [0.4, 0.5) is 5.69 Å².